The van der Waals surface area contributed by atoms with Gasteiger partial charge in [0.15, 0.2) is 12.1 Å². The first-order chi connectivity index (χ1) is 12.3. The molecule has 6 nitrogen and oxygen atoms in total. The van der Waals surface area contributed by atoms with Crippen molar-refractivity contribution in [1.82, 2.24) is 10.2 Å². The number of carbonyl (C=O) groups is 1. The molecule has 1 aromatic carbocycles. The van der Waals surface area contributed by atoms with Crippen molar-refractivity contribution >= 4 is 23.6 Å². The molecule has 136 valence electrons. The topological polar surface area (TPSA) is 89.2 Å². The average molecular weight is 374 g/mol. The number of amides is 1. The van der Waals surface area contributed by atoms with Gasteiger partial charge < -0.3 is 10.1 Å². The summed E-state index contributed by atoms with van der Waals surface area (Å²) in [7, 11) is 3.01. The highest BCUT2D eigenvalue weighted by atomic mass is 32.2. The lowest BCUT2D eigenvalue weighted by Crippen LogP contribution is -2.69. The summed E-state index contributed by atoms with van der Waals surface area (Å²) >= 11 is 1.57. The predicted molar refractivity (Wildman–Crippen MR) is 97.2 cm³/mol. The standard InChI is InChI=1S/C18H19FN4O2S/c1-18(15(25-3)16(24)23(2)17(21)22-18)14-7-12(9-26-14)10-4-5-13(19)11(6-10)8-20/h4-7,12,15H,9H2,1-3H3,(H2,21,22)/t12?,15?,18-/m1/s1. The normalized spacial score (nSPS) is 28.6. The third-order valence-electron chi connectivity index (χ3n) is 4.85. The van der Waals surface area contributed by atoms with E-state index in [2.05, 4.69) is 5.32 Å². The summed E-state index contributed by atoms with van der Waals surface area (Å²) in [6.07, 6.45) is 1.24. The van der Waals surface area contributed by atoms with E-state index in [0.29, 0.717) is 5.75 Å². The molecule has 3 atom stereocenters. The molecule has 2 N–H and O–H groups in total. The highest BCUT2D eigenvalue weighted by molar-refractivity contribution is 8.03. The number of hydrogen-bond donors (Lipinski definition) is 2. The summed E-state index contributed by atoms with van der Waals surface area (Å²) in [5.74, 6) is -0.102. The second-order valence-corrected chi connectivity index (χ2v) is 7.55. The Bertz CT molecular complexity index is 850. The second-order valence-electron chi connectivity index (χ2n) is 6.49. The van der Waals surface area contributed by atoms with Gasteiger partial charge >= 0.3 is 0 Å². The number of benzene rings is 1. The van der Waals surface area contributed by atoms with Crippen molar-refractivity contribution in [3.63, 3.8) is 0 Å². The minimum Gasteiger partial charge on any atom is -0.369 e. The SMILES string of the molecule is COC1C(=O)N(C)C(=N)N[C@]1(C)C1=CC(c2ccc(F)c(C#N)c2)CS1. The molecule has 2 unspecified atom stereocenters. The summed E-state index contributed by atoms with van der Waals surface area (Å²) < 4.78 is 19.0. The number of ether oxygens (including phenoxy) is 1. The highest BCUT2D eigenvalue weighted by Crippen LogP contribution is 2.44. The Balaban J connectivity index is 1.94. The van der Waals surface area contributed by atoms with E-state index < -0.39 is 17.5 Å². The van der Waals surface area contributed by atoms with Crippen LogP contribution in [0.4, 0.5) is 4.39 Å². The Morgan fingerprint density at radius 1 is 1.54 bits per heavy atom. The van der Waals surface area contributed by atoms with Gasteiger partial charge in [0, 0.05) is 30.7 Å². The lowest BCUT2D eigenvalue weighted by molar-refractivity contribution is -0.142. The molecule has 2 aliphatic rings. The molecule has 0 aliphatic carbocycles. The maximum absolute atomic E-state index is 13.6. The zero-order valence-electron chi connectivity index (χ0n) is 14.7. The van der Waals surface area contributed by atoms with Gasteiger partial charge in [0.1, 0.15) is 17.4 Å². The monoisotopic (exact) mass is 374 g/mol. The van der Waals surface area contributed by atoms with Crippen LogP contribution in [0.3, 0.4) is 0 Å². The summed E-state index contributed by atoms with van der Waals surface area (Å²) in [6, 6.07) is 6.40. The van der Waals surface area contributed by atoms with Crippen molar-refractivity contribution in [2.45, 2.75) is 24.5 Å². The van der Waals surface area contributed by atoms with Crippen LogP contribution < -0.4 is 5.32 Å². The van der Waals surface area contributed by atoms with E-state index in [0.717, 1.165) is 10.5 Å². The van der Waals surface area contributed by atoms with Crippen molar-refractivity contribution in [2.24, 2.45) is 0 Å². The fourth-order valence-corrected chi connectivity index (χ4v) is 4.66. The molecule has 8 heteroatoms. The van der Waals surface area contributed by atoms with Crippen molar-refractivity contribution in [2.75, 3.05) is 19.9 Å². The third kappa shape index (κ3) is 2.87. The van der Waals surface area contributed by atoms with Gasteiger partial charge in [-0.2, -0.15) is 5.26 Å². The molecule has 0 spiro atoms. The number of nitrogens with one attached hydrogen (secondary N) is 2. The molecule has 1 aromatic rings. The first-order valence-electron chi connectivity index (χ1n) is 8.03. The third-order valence-corrected chi connectivity index (χ3v) is 6.25. The zero-order valence-corrected chi connectivity index (χ0v) is 15.5. The van der Waals surface area contributed by atoms with E-state index in [-0.39, 0.29) is 23.3 Å². The number of carbonyl (C=O) groups excluding carboxylic acids is 1. The zero-order chi connectivity index (χ0) is 19.1. The Kier molecular flexibility index (Phi) is 4.78. The van der Waals surface area contributed by atoms with E-state index in [9.17, 15) is 9.18 Å². The van der Waals surface area contributed by atoms with Gasteiger partial charge in [-0.3, -0.25) is 15.1 Å². The molecule has 1 fully saturated rings. The first-order valence-corrected chi connectivity index (χ1v) is 9.02. The van der Waals surface area contributed by atoms with Crippen LogP contribution in [-0.4, -0.2) is 48.3 Å². The fraction of sp³-hybridized carbons (Fsp3) is 0.389. The Hall–Kier alpha value is -2.37. The second kappa shape index (κ2) is 6.74. The number of rotatable bonds is 3. The number of allylic oxidation sites excluding steroid dienone is 1. The van der Waals surface area contributed by atoms with Crippen LogP contribution in [0, 0.1) is 22.6 Å². The van der Waals surface area contributed by atoms with E-state index in [1.54, 1.807) is 23.9 Å². The Labute approximate surface area is 155 Å². The molecular weight excluding hydrogens is 355 g/mol. The quantitative estimate of drug-likeness (QED) is 0.847. The van der Waals surface area contributed by atoms with Crippen molar-refractivity contribution in [1.29, 1.82) is 10.7 Å². The Morgan fingerprint density at radius 2 is 2.27 bits per heavy atom. The first kappa shape index (κ1) is 18.4. The Morgan fingerprint density at radius 3 is 2.92 bits per heavy atom. The number of thioether (sulfide) groups is 1. The number of hydrogen-bond acceptors (Lipinski definition) is 5. The van der Waals surface area contributed by atoms with Gasteiger partial charge in [0.2, 0.25) is 0 Å². The maximum Gasteiger partial charge on any atom is 0.260 e. The van der Waals surface area contributed by atoms with Crippen LogP contribution in [0.1, 0.15) is 24.0 Å². The van der Waals surface area contributed by atoms with E-state index >= 15 is 0 Å². The van der Waals surface area contributed by atoms with E-state index in [4.69, 9.17) is 15.4 Å². The van der Waals surface area contributed by atoms with Gasteiger partial charge in [-0.15, -0.1) is 11.8 Å². The van der Waals surface area contributed by atoms with Gasteiger partial charge in [-0.1, -0.05) is 12.1 Å². The van der Waals surface area contributed by atoms with Crippen LogP contribution in [0.15, 0.2) is 29.2 Å². The molecule has 0 radical (unpaired) electrons. The molecule has 1 saturated heterocycles. The molecule has 2 heterocycles. The van der Waals surface area contributed by atoms with Crippen molar-refractivity contribution < 1.29 is 13.9 Å². The highest BCUT2D eigenvalue weighted by Gasteiger charge is 2.50. The van der Waals surface area contributed by atoms with Gasteiger partial charge in [0.25, 0.3) is 5.91 Å². The minimum atomic E-state index is -0.854. The summed E-state index contributed by atoms with van der Waals surface area (Å²) in [4.78, 5) is 14.6. The predicted octanol–water partition coefficient (Wildman–Crippen LogP) is 2.18. The van der Waals surface area contributed by atoms with Gasteiger partial charge in [-0.25, -0.2) is 4.39 Å². The summed E-state index contributed by atoms with van der Waals surface area (Å²) in [5, 5.41) is 20.1. The molecule has 0 saturated carbocycles. The number of nitrogens with zero attached hydrogens (tertiary/aromatic N) is 2. The molecule has 26 heavy (non-hydrogen) atoms. The largest absolute Gasteiger partial charge is 0.369 e. The minimum absolute atomic E-state index is 0.0113. The number of nitriles is 1. The lowest BCUT2D eigenvalue weighted by Gasteiger charge is -2.44. The van der Waals surface area contributed by atoms with Crippen LogP contribution in [0.25, 0.3) is 0 Å². The number of methoxy groups -OCH3 is 1. The van der Waals surface area contributed by atoms with Crippen molar-refractivity contribution in [3.8, 4) is 6.07 Å². The fourth-order valence-electron chi connectivity index (χ4n) is 3.29. The molecule has 0 bridgehead atoms. The van der Waals surface area contributed by atoms with Crippen LogP contribution >= 0.6 is 11.8 Å². The summed E-state index contributed by atoms with van der Waals surface area (Å²) in [5.41, 5.74) is 0.00877. The van der Waals surface area contributed by atoms with Gasteiger partial charge in [-0.05, 0) is 24.6 Å². The number of guanidine groups is 1. The van der Waals surface area contributed by atoms with Gasteiger partial charge in [0.05, 0.1) is 5.56 Å². The molecule has 2 aliphatic heterocycles. The lowest BCUT2D eigenvalue weighted by atomic mass is 9.88. The number of likely N-dealkylation sites (N-methyl/N-ethyl adjacent to an activating group) is 1. The molecule has 1 amide bonds. The van der Waals surface area contributed by atoms with Crippen LogP contribution in [0.5, 0.6) is 0 Å². The number of halogens is 1. The molecule has 0 aromatic heterocycles. The van der Waals surface area contributed by atoms with Crippen molar-refractivity contribution in [3.05, 3.63) is 46.1 Å². The van der Waals surface area contributed by atoms with Crippen LogP contribution in [0.2, 0.25) is 0 Å². The maximum atomic E-state index is 13.6. The molecule has 3 rings (SSSR count). The molecular formula is C18H19FN4O2S. The van der Waals surface area contributed by atoms with E-state index in [1.165, 1.54) is 25.1 Å². The smallest absolute Gasteiger partial charge is 0.260 e. The van der Waals surface area contributed by atoms with E-state index in [1.807, 2.05) is 19.1 Å². The average Bonchev–Trinajstić information content (AvgIpc) is 3.11. The summed E-state index contributed by atoms with van der Waals surface area (Å²) in [6.45, 7) is 1.84. The van der Waals surface area contributed by atoms with Crippen LogP contribution in [-0.2, 0) is 9.53 Å².